The average molecular weight is 334 g/mol. The van der Waals surface area contributed by atoms with Crippen molar-refractivity contribution >= 4 is 17.5 Å². The third-order valence-electron chi connectivity index (χ3n) is 3.93. The van der Waals surface area contributed by atoms with Crippen LogP contribution in [0.25, 0.3) is 0 Å². The van der Waals surface area contributed by atoms with Gasteiger partial charge in [-0.3, -0.25) is 4.79 Å². The summed E-state index contributed by atoms with van der Waals surface area (Å²) in [4.78, 5) is 14.3. The highest BCUT2D eigenvalue weighted by Gasteiger charge is 2.25. The molecule has 0 radical (unpaired) electrons. The number of hydrogen-bond acceptors (Lipinski definition) is 2. The van der Waals surface area contributed by atoms with Crippen LogP contribution in [0.1, 0.15) is 17.2 Å². The smallest absolute Gasteiger partial charge is 0.227 e. The van der Waals surface area contributed by atoms with Gasteiger partial charge in [0.15, 0.2) is 0 Å². The molecule has 5 heteroatoms. The molecule has 120 valence electrons. The standard InChI is InChI=1S/C18H17ClFNO2/c19-15-5-1-13(2-6-15)11-18(22)21-9-10-23-17(12-21)14-3-7-16(20)8-4-14/h1-8,17H,9-12H2. The Morgan fingerprint density at radius 3 is 2.57 bits per heavy atom. The van der Waals surface area contributed by atoms with Crippen LogP contribution in [-0.4, -0.2) is 30.5 Å². The number of rotatable bonds is 3. The van der Waals surface area contributed by atoms with Crippen molar-refractivity contribution in [2.24, 2.45) is 0 Å². The fraction of sp³-hybridized carbons (Fsp3) is 0.278. The van der Waals surface area contributed by atoms with Gasteiger partial charge in [0.25, 0.3) is 0 Å². The van der Waals surface area contributed by atoms with Crippen LogP contribution in [0.4, 0.5) is 4.39 Å². The second kappa shape index (κ2) is 7.11. The molecule has 2 aromatic carbocycles. The lowest BCUT2D eigenvalue weighted by atomic mass is 10.1. The van der Waals surface area contributed by atoms with Gasteiger partial charge in [0.2, 0.25) is 5.91 Å². The van der Waals surface area contributed by atoms with Crippen molar-refractivity contribution in [1.29, 1.82) is 0 Å². The van der Waals surface area contributed by atoms with E-state index in [2.05, 4.69) is 0 Å². The summed E-state index contributed by atoms with van der Waals surface area (Å²) in [6.07, 6.45) is 0.131. The maximum Gasteiger partial charge on any atom is 0.227 e. The van der Waals surface area contributed by atoms with Crippen LogP contribution >= 0.6 is 11.6 Å². The Labute approximate surface area is 139 Å². The zero-order valence-corrected chi connectivity index (χ0v) is 13.3. The molecule has 1 amide bonds. The highest BCUT2D eigenvalue weighted by Crippen LogP contribution is 2.23. The molecule has 1 heterocycles. The molecular formula is C18H17ClFNO2. The summed E-state index contributed by atoms with van der Waals surface area (Å²) in [5.41, 5.74) is 1.82. The van der Waals surface area contributed by atoms with Crippen LogP contribution in [0.3, 0.4) is 0 Å². The van der Waals surface area contributed by atoms with Crippen LogP contribution in [-0.2, 0) is 16.0 Å². The molecule has 0 aromatic heterocycles. The summed E-state index contributed by atoms with van der Waals surface area (Å²) in [6.45, 7) is 1.54. The van der Waals surface area contributed by atoms with E-state index in [1.807, 2.05) is 12.1 Å². The lowest BCUT2D eigenvalue weighted by Gasteiger charge is -2.33. The van der Waals surface area contributed by atoms with Gasteiger partial charge >= 0.3 is 0 Å². The van der Waals surface area contributed by atoms with Gasteiger partial charge in [0.05, 0.1) is 19.6 Å². The lowest BCUT2D eigenvalue weighted by Crippen LogP contribution is -2.42. The number of hydrogen-bond donors (Lipinski definition) is 0. The van der Waals surface area contributed by atoms with Crippen molar-refractivity contribution in [3.8, 4) is 0 Å². The fourth-order valence-corrected chi connectivity index (χ4v) is 2.77. The normalized spacial score (nSPS) is 18.0. The largest absolute Gasteiger partial charge is 0.370 e. The molecule has 23 heavy (non-hydrogen) atoms. The topological polar surface area (TPSA) is 29.5 Å². The van der Waals surface area contributed by atoms with E-state index < -0.39 is 0 Å². The quantitative estimate of drug-likeness (QED) is 0.858. The molecule has 3 rings (SSSR count). The summed E-state index contributed by atoms with van der Waals surface area (Å²) < 4.78 is 18.7. The first-order valence-electron chi connectivity index (χ1n) is 7.51. The first kappa shape index (κ1) is 16.0. The third-order valence-corrected chi connectivity index (χ3v) is 4.18. The fourth-order valence-electron chi connectivity index (χ4n) is 2.64. The summed E-state index contributed by atoms with van der Waals surface area (Å²) in [5.74, 6) is -0.219. The molecule has 0 spiro atoms. The van der Waals surface area contributed by atoms with Crippen molar-refractivity contribution < 1.29 is 13.9 Å². The van der Waals surface area contributed by atoms with Crippen LogP contribution in [0.15, 0.2) is 48.5 Å². The van der Waals surface area contributed by atoms with Crippen molar-refractivity contribution in [3.05, 3.63) is 70.5 Å². The minimum atomic E-state index is -0.278. The second-order valence-corrected chi connectivity index (χ2v) is 5.99. The Balaban J connectivity index is 1.64. The van der Waals surface area contributed by atoms with E-state index in [9.17, 15) is 9.18 Å². The van der Waals surface area contributed by atoms with Crippen molar-refractivity contribution in [3.63, 3.8) is 0 Å². The van der Waals surface area contributed by atoms with Gasteiger partial charge in [-0.05, 0) is 35.4 Å². The van der Waals surface area contributed by atoms with Crippen LogP contribution in [0, 0.1) is 5.82 Å². The molecule has 1 atom stereocenters. The predicted octanol–water partition coefficient (Wildman–Crippen LogP) is 3.62. The number of carbonyl (C=O) groups is 1. The van der Waals surface area contributed by atoms with Crippen molar-refractivity contribution in [2.45, 2.75) is 12.5 Å². The molecular weight excluding hydrogens is 317 g/mol. The molecule has 1 fully saturated rings. The summed E-state index contributed by atoms with van der Waals surface area (Å²) in [7, 11) is 0. The minimum Gasteiger partial charge on any atom is -0.370 e. The second-order valence-electron chi connectivity index (χ2n) is 5.55. The molecule has 1 aliphatic rings. The number of benzene rings is 2. The van der Waals surface area contributed by atoms with E-state index in [0.717, 1.165) is 11.1 Å². The number of nitrogens with zero attached hydrogens (tertiary/aromatic N) is 1. The number of halogens is 2. The molecule has 0 N–H and O–H groups in total. The molecule has 1 unspecified atom stereocenters. The van der Waals surface area contributed by atoms with E-state index in [4.69, 9.17) is 16.3 Å². The minimum absolute atomic E-state index is 0.0581. The number of morpholine rings is 1. The summed E-state index contributed by atoms with van der Waals surface area (Å²) in [5, 5.41) is 0.656. The third kappa shape index (κ3) is 4.09. The van der Waals surface area contributed by atoms with Gasteiger partial charge in [-0.15, -0.1) is 0 Å². The van der Waals surface area contributed by atoms with E-state index >= 15 is 0 Å². The summed E-state index contributed by atoms with van der Waals surface area (Å²) >= 11 is 5.86. The molecule has 3 nitrogen and oxygen atoms in total. The lowest BCUT2D eigenvalue weighted by molar-refractivity contribution is -0.138. The monoisotopic (exact) mass is 333 g/mol. The molecule has 2 aromatic rings. The van der Waals surface area contributed by atoms with Crippen molar-refractivity contribution in [2.75, 3.05) is 19.7 Å². The Bertz CT molecular complexity index is 672. The van der Waals surface area contributed by atoms with Gasteiger partial charge in [-0.1, -0.05) is 35.9 Å². The number of amides is 1. The Hall–Kier alpha value is -1.91. The average Bonchev–Trinajstić information content (AvgIpc) is 2.58. The zero-order chi connectivity index (χ0) is 16.2. The Morgan fingerprint density at radius 2 is 1.87 bits per heavy atom. The van der Waals surface area contributed by atoms with Gasteiger partial charge in [0, 0.05) is 11.6 Å². The predicted molar refractivity (Wildman–Crippen MR) is 86.8 cm³/mol. The molecule has 0 aliphatic carbocycles. The first-order chi connectivity index (χ1) is 11.1. The number of carbonyl (C=O) groups excluding carboxylic acids is 1. The van der Waals surface area contributed by atoms with E-state index in [0.29, 0.717) is 31.1 Å². The van der Waals surface area contributed by atoms with Gasteiger partial charge in [-0.2, -0.15) is 0 Å². The zero-order valence-electron chi connectivity index (χ0n) is 12.5. The van der Waals surface area contributed by atoms with Gasteiger partial charge in [0.1, 0.15) is 11.9 Å². The van der Waals surface area contributed by atoms with Crippen LogP contribution < -0.4 is 0 Å². The highest BCUT2D eigenvalue weighted by atomic mass is 35.5. The maximum absolute atomic E-state index is 13.0. The first-order valence-corrected chi connectivity index (χ1v) is 7.89. The Morgan fingerprint density at radius 1 is 1.17 bits per heavy atom. The van der Waals surface area contributed by atoms with E-state index in [-0.39, 0.29) is 17.8 Å². The summed E-state index contributed by atoms with van der Waals surface area (Å²) in [6, 6.07) is 13.5. The Kier molecular flexibility index (Phi) is 4.94. The van der Waals surface area contributed by atoms with E-state index in [1.165, 1.54) is 12.1 Å². The van der Waals surface area contributed by atoms with Crippen LogP contribution in [0.5, 0.6) is 0 Å². The van der Waals surface area contributed by atoms with Gasteiger partial charge < -0.3 is 9.64 Å². The molecule has 1 saturated heterocycles. The SMILES string of the molecule is O=C(Cc1ccc(Cl)cc1)N1CCOC(c2ccc(F)cc2)C1. The molecule has 0 saturated carbocycles. The van der Waals surface area contributed by atoms with Crippen LogP contribution in [0.2, 0.25) is 5.02 Å². The molecule has 1 aliphatic heterocycles. The van der Waals surface area contributed by atoms with Gasteiger partial charge in [-0.25, -0.2) is 4.39 Å². The van der Waals surface area contributed by atoms with Crippen molar-refractivity contribution in [1.82, 2.24) is 4.90 Å². The maximum atomic E-state index is 13.0. The highest BCUT2D eigenvalue weighted by molar-refractivity contribution is 6.30. The van der Waals surface area contributed by atoms with E-state index in [1.54, 1.807) is 29.2 Å². The molecule has 0 bridgehead atoms. The number of ether oxygens (including phenoxy) is 1.